The number of thiazole rings is 1. The van der Waals surface area contributed by atoms with Crippen LogP contribution in [-0.2, 0) is 4.74 Å². The first kappa shape index (κ1) is 15.3. The van der Waals surface area contributed by atoms with Crippen molar-refractivity contribution in [2.24, 2.45) is 0 Å². The molecule has 2 fully saturated rings. The van der Waals surface area contributed by atoms with Gasteiger partial charge in [0.15, 0.2) is 5.60 Å². The molecule has 120 valence electrons. The summed E-state index contributed by atoms with van der Waals surface area (Å²) in [5.41, 5.74) is 0.265. The monoisotopic (exact) mass is 323 g/mol. The lowest BCUT2D eigenvalue weighted by Gasteiger charge is -2.21. The highest BCUT2D eigenvalue weighted by molar-refractivity contribution is 7.13. The molecule has 2 aliphatic rings. The Morgan fingerprint density at radius 3 is 2.68 bits per heavy atom. The molecule has 1 aromatic heterocycles. The molecule has 0 bridgehead atoms. The predicted molar refractivity (Wildman–Crippen MR) is 83.3 cm³/mol. The molecule has 3 rings (SSSR count). The van der Waals surface area contributed by atoms with E-state index in [0.717, 1.165) is 10.7 Å². The lowest BCUT2D eigenvalue weighted by molar-refractivity contribution is 0.0554. The van der Waals surface area contributed by atoms with Gasteiger partial charge in [-0.05, 0) is 6.92 Å². The van der Waals surface area contributed by atoms with Gasteiger partial charge in [0.2, 0.25) is 0 Å². The number of carbonyl (C=O) groups excluding carboxylic acids is 2. The van der Waals surface area contributed by atoms with Crippen molar-refractivity contribution >= 4 is 23.3 Å². The van der Waals surface area contributed by atoms with E-state index in [9.17, 15) is 9.59 Å². The van der Waals surface area contributed by atoms with Gasteiger partial charge in [0, 0.05) is 25.9 Å². The zero-order valence-electron chi connectivity index (χ0n) is 13.4. The van der Waals surface area contributed by atoms with E-state index in [1.54, 1.807) is 16.8 Å². The van der Waals surface area contributed by atoms with E-state index in [0.29, 0.717) is 36.9 Å². The molecule has 1 atom stereocenters. The van der Waals surface area contributed by atoms with E-state index in [-0.39, 0.29) is 12.0 Å². The van der Waals surface area contributed by atoms with Crippen molar-refractivity contribution in [1.29, 1.82) is 0 Å². The van der Waals surface area contributed by atoms with Crippen LogP contribution in [0.4, 0.5) is 4.79 Å². The summed E-state index contributed by atoms with van der Waals surface area (Å²) in [6.07, 6.45) is 0.398. The molecule has 2 saturated heterocycles. The Hall–Kier alpha value is -1.63. The van der Waals surface area contributed by atoms with Gasteiger partial charge in [-0.25, -0.2) is 9.78 Å². The number of aromatic nitrogens is 1. The van der Waals surface area contributed by atoms with Gasteiger partial charge < -0.3 is 14.5 Å². The first-order valence-corrected chi connectivity index (χ1v) is 8.34. The second-order valence-electron chi connectivity index (χ2n) is 6.51. The Kier molecular flexibility index (Phi) is 3.63. The summed E-state index contributed by atoms with van der Waals surface area (Å²) in [5.74, 6) is 0.323. The Morgan fingerprint density at radius 2 is 2.14 bits per heavy atom. The normalized spacial score (nSPS) is 24.7. The molecule has 2 amide bonds. The average molecular weight is 323 g/mol. The zero-order valence-corrected chi connectivity index (χ0v) is 14.2. The molecule has 22 heavy (non-hydrogen) atoms. The highest BCUT2D eigenvalue weighted by atomic mass is 32.1. The molecule has 0 N–H and O–H groups in total. The SMILES string of the molecule is Cc1nc(C(C)C)sc1C(=O)N1CCC2(CN(C)C(=O)O2)C1. The molecule has 2 aliphatic heterocycles. The lowest BCUT2D eigenvalue weighted by Crippen LogP contribution is -2.39. The summed E-state index contributed by atoms with van der Waals surface area (Å²) in [7, 11) is 1.73. The maximum absolute atomic E-state index is 12.7. The van der Waals surface area contributed by atoms with E-state index in [2.05, 4.69) is 18.8 Å². The molecular weight excluding hydrogens is 302 g/mol. The fraction of sp³-hybridized carbons (Fsp3) is 0.667. The molecule has 3 heterocycles. The molecule has 7 heteroatoms. The molecule has 1 unspecified atom stereocenters. The third-order valence-corrected chi connectivity index (χ3v) is 5.69. The number of carbonyl (C=O) groups is 2. The van der Waals surface area contributed by atoms with E-state index < -0.39 is 5.60 Å². The second kappa shape index (κ2) is 5.22. The van der Waals surface area contributed by atoms with Crippen LogP contribution in [-0.4, -0.2) is 59.1 Å². The smallest absolute Gasteiger partial charge is 0.410 e. The van der Waals surface area contributed by atoms with Crippen molar-refractivity contribution in [3.05, 3.63) is 15.6 Å². The van der Waals surface area contributed by atoms with Crippen molar-refractivity contribution in [2.75, 3.05) is 26.7 Å². The van der Waals surface area contributed by atoms with Gasteiger partial charge in [-0.3, -0.25) is 4.79 Å². The van der Waals surface area contributed by atoms with E-state index in [1.807, 2.05) is 6.92 Å². The molecule has 0 radical (unpaired) electrons. The van der Waals surface area contributed by atoms with Crippen molar-refractivity contribution < 1.29 is 14.3 Å². The number of aryl methyl sites for hydroxylation is 1. The maximum atomic E-state index is 12.7. The maximum Gasteiger partial charge on any atom is 0.410 e. The van der Waals surface area contributed by atoms with Crippen LogP contribution in [0.5, 0.6) is 0 Å². The summed E-state index contributed by atoms with van der Waals surface area (Å²) in [4.78, 5) is 32.9. The number of ether oxygens (including phenoxy) is 1. The Labute approximate surface area is 134 Å². The predicted octanol–water partition coefficient (Wildman–Crippen LogP) is 2.24. The van der Waals surface area contributed by atoms with Gasteiger partial charge >= 0.3 is 6.09 Å². The summed E-state index contributed by atoms with van der Waals surface area (Å²) in [5, 5.41) is 0.988. The van der Waals surface area contributed by atoms with E-state index in [1.165, 1.54) is 11.3 Å². The first-order chi connectivity index (χ1) is 10.3. The quantitative estimate of drug-likeness (QED) is 0.837. The number of hydrogen-bond acceptors (Lipinski definition) is 5. The number of nitrogens with zero attached hydrogens (tertiary/aromatic N) is 3. The average Bonchev–Trinajstić information content (AvgIpc) is 3.09. The molecule has 0 aromatic carbocycles. The summed E-state index contributed by atoms with van der Waals surface area (Å²) >= 11 is 1.47. The fourth-order valence-corrected chi connectivity index (χ4v) is 4.07. The van der Waals surface area contributed by atoms with Crippen LogP contribution in [0.1, 0.15) is 46.6 Å². The largest absolute Gasteiger partial charge is 0.439 e. The molecule has 0 saturated carbocycles. The molecule has 1 spiro atoms. The van der Waals surface area contributed by atoms with Gasteiger partial charge in [0.1, 0.15) is 4.88 Å². The van der Waals surface area contributed by atoms with Crippen LogP contribution in [0.2, 0.25) is 0 Å². The van der Waals surface area contributed by atoms with Crippen LogP contribution in [0.25, 0.3) is 0 Å². The molecule has 0 aliphatic carbocycles. The van der Waals surface area contributed by atoms with Crippen molar-refractivity contribution in [1.82, 2.24) is 14.8 Å². The van der Waals surface area contributed by atoms with Gasteiger partial charge in [-0.2, -0.15) is 0 Å². The summed E-state index contributed by atoms with van der Waals surface area (Å²) < 4.78 is 5.49. The molecular formula is C15H21N3O3S. The zero-order chi connectivity index (χ0) is 16.1. The lowest BCUT2D eigenvalue weighted by atomic mass is 10.0. The third kappa shape index (κ3) is 2.47. The molecule has 6 nitrogen and oxygen atoms in total. The van der Waals surface area contributed by atoms with Crippen LogP contribution >= 0.6 is 11.3 Å². The van der Waals surface area contributed by atoms with Crippen LogP contribution in [0.15, 0.2) is 0 Å². The van der Waals surface area contributed by atoms with Crippen LogP contribution in [0.3, 0.4) is 0 Å². The minimum Gasteiger partial charge on any atom is -0.439 e. The van der Waals surface area contributed by atoms with Crippen LogP contribution in [0, 0.1) is 6.92 Å². The Balaban J connectivity index is 1.76. The minimum atomic E-state index is -0.527. The van der Waals surface area contributed by atoms with E-state index in [4.69, 9.17) is 4.74 Å². The molecule has 1 aromatic rings. The van der Waals surface area contributed by atoms with Crippen molar-refractivity contribution in [2.45, 2.75) is 38.7 Å². The summed E-state index contributed by atoms with van der Waals surface area (Å²) in [6.45, 7) is 7.67. The Morgan fingerprint density at radius 1 is 1.41 bits per heavy atom. The minimum absolute atomic E-state index is 0.00405. The highest BCUT2D eigenvalue weighted by Gasteiger charge is 2.49. The Bertz CT molecular complexity index is 628. The standard InChI is InChI=1S/C15H21N3O3S/c1-9(2)12-16-10(3)11(22-12)13(19)18-6-5-15(8-18)7-17(4)14(20)21-15/h9H,5-8H2,1-4H3. The number of likely N-dealkylation sites (N-methyl/N-ethyl adjacent to an activating group) is 1. The van der Waals surface area contributed by atoms with E-state index >= 15 is 0 Å². The fourth-order valence-electron chi connectivity index (χ4n) is 3.03. The third-order valence-electron chi connectivity index (χ3n) is 4.25. The second-order valence-corrected chi connectivity index (χ2v) is 7.54. The van der Waals surface area contributed by atoms with Gasteiger partial charge in [0.25, 0.3) is 5.91 Å². The number of likely N-dealkylation sites (tertiary alicyclic amines) is 1. The van der Waals surface area contributed by atoms with Crippen molar-refractivity contribution in [3.8, 4) is 0 Å². The van der Waals surface area contributed by atoms with Gasteiger partial charge in [0.05, 0.1) is 23.8 Å². The van der Waals surface area contributed by atoms with Gasteiger partial charge in [-0.15, -0.1) is 11.3 Å². The topological polar surface area (TPSA) is 62.7 Å². The number of rotatable bonds is 2. The van der Waals surface area contributed by atoms with Crippen molar-refractivity contribution in [3.63, 3.8) is 0 Å². The van der Waals surface area contributed by atoms with Gasteiger partial charge in [-0.1, -0.05) is 13.8 Å². The first-order valence-electron chi connectivity index (χ1n) is 7.52. The van der Waals surface area contributed by atoms with Crippen LogP contribution < -0.4 is 0 Å². The number of amides is 2. The summed E-state index contributed by atoms with van der Waals surface area (Å²) in [6, 6.07) is 0. The number of hydrogen-bond donors (Lipinski definition) is 0. The highest BCUT2D eigenvalue weighted by Crippen LogP contribution is 2.34.